The fourth-order valence-corrected chi connectivity index (χ4v) is 2.21. The van der Waals surface area contributed by atoms with Crippen molar-refractivity contribution in [2.24, 2.45) is 0 Å². The lowest BCUT2D eigenvalue weighted by Crippen LogP contribution is -2.18. The van der Waals surface area contributed by atoms with Crippen LogP contribution in [0.3, 0.4) is 0 Å². The second kappa shape index (κ2) is 7.84. The monoisotopic (exact) mass is 283 g/mol. The molecule has 0 amide bonds. The van der Waals surface area contributed by atoms with Crippen molar-refractivity contribution in [1.82, 2.24) is 5.32 Å². The molecule has 0 aromatic heterocycles. The summed E-state index contributed by atoms with van der Waals surface area (Å²) in [7, 11) is 0. The second-order valence-electron chi connectivity index (χ2n) is 5.51. The van der Waals surface area contributed by atoms with E-state index in [1.807, 2.05) is 6.07 Å². The van der Waals surface area contributed by atoms with Gasteiger partial charge in [-0.1, -0.05) is 48.9 Å². The molecular formula is C19H25NO. The molecule has 0 aliphatic carbocycles. The summed E-state index contributed by atoms with van der Waals surface area (Å²) in [5, 5.41) is 3.56. The highest BCUT2D eigenvalue weighted by atomic mass is 16.5. The first-order valence-corrected chi connectivity index (χ1v) is 7.70. The van der Waals surface area contributed by atoms with Crippen LogP contribution in [0.4, 0.5) is 0 Å². The van der Waals surface area contributed by atoms with Gasteiger partial charge < -0.3 is 10.1 Å². The number of ether oxygens (including phenoxy) is 1. The van der Waals surface area contributed by atoms with Crippen molar-refractivity contribution in [3.63, 3.8) is 0 Å². The highest BCUT2D eigenvalue weighted by molar-refractivity contribution is 5.29. The minimum Gasteiger partial charge on any atom is -0.494 e. The summed E-state index contributed by atoms with van der Waals surface area (Å²) in [4.78, 5) is 0. The van der Waals surface area contributed by atoms with Gasteiger partial charge in [-0.25, -0.2) is 0 Å². The number of nitrogens with one attached hydrogen (secondary N) is 1. The van der Waals surface area contributed by atoms with Crippen LogP contribution in [0.2, 0.25) is 0 Å². The highest BCUT2D eigenvalue weighted by Crippen LogP contribution is 2.16. The zero-order chi connectivity index (χ0) is 15.1. The Morgan fingerprint density at radius 2 is 1.86 bits per heavy atom. The Balaban J connectivity index is 1.91. The van der Waals surface area contributed by atoms with E-state index in [1.54, 1.807) is 0 Å². The van der Waals surface area contributed by atoms with Gasteiger partial charge in [-0.05, 0) is 43.5 Å². The van der Waals surface area contributed by atoms with Gasteiger partial charge in [-0.3, -0.25) is 0 Å². The van der Waals surface area contributed by atoms with E-state index in [0.717, 1.165) is 25.3 Å². The predicted octanol–water partition coefficient (Wildman–Crippen LogP) is 4.63. The fourth-order valence-electron chi connectivity index (χ4n) is 2.21. The fraction of sp³-hybridized carbons (Fsp3) is 0.368. The maximum absolute atomic E-state index is 5.67. The molecule has 1 atom stereocenters. The molecule has 1 N–H and O–H groups in total. The molecule has 0 radical (unpaired) electrons. The Bertz CT molecular complexity index is 548. The van der Waals surface area contributed by atoms with Crippen LogP contribution < -0.4 is 10.1 Å². The number of hydrogen-bond donors (Lipinski definition) is 1. The molecule has 1 unspecified atom stereocenters. The van der Waals surface area contributed by atoms with Gasteiger partial charge in [0.15, 0.2) is 0 Å². The molecule has 2 aromatic rings. The molecule has 0 saturated heterocycles. The third-order valence-electron chi connectivity index (χ3n) is 3.56. The maximum atomic E-state index is 5.67. The third-order valence-corrected chi connectivity index (χ3v) is 3.56. The topological polar surface area (TPSA) is 21.3 Å². The normalized spacial score (nSPS) is 12.1. The van der Waals surface area contributed by atoms with Crippen LogP contribution in [0.1, 0.15) is 43.0 Å². The first kappa shape index (κ1) is 15.6. The van der Waals surface area contributed by atoms with Gasteiger partial charge in [0.2, 0.25) is 0 Å². The van der Waals surface area contributed by atoms with Gasteiger partial charge >= 0.3 is 0 Å². The van der Waals surface area contributed by atoms with Crippen molar-refractivity contribution in [2.45, 2.75) is 39.8 Å². The van der Waals surface area contributed by atoms with E-state index in [-0.39, 0.29) is 0 Å². The summed E-state index contributed by atoms with van der Waals surface area (Å²) in [5.74, 6) is 0.958. The largest absolute Gasteiger partial charge is 0.494 e. The molecule has 21 heavy (non-hydrogen) atoms. The van der Waals surface area contributed by atoms with Crippen LogP contribution in [0.5, 0.6) is 5.75 Å². The van der Waals surface area contributed by atoms with Crippen molar-refractivity contribution in [3.05, 3.63) is 65.2 Å². The molecule has 0 aliphatic heterocycles. The number of aryl methyl sites for hydroxylation is 1. The van der Waals surface area contributed by atoms with Crippen molar-refractivity contribution in [3.8, 4) is 5.75 Å². The van der Waals surface area contributed by atoms with Gasteiger partial charge in [-0.2, -0.15) is 0 Å². The molecule has 0 heterocycles. The Labute approximate surface area is 128 Å². The van der Waals surface area contributed by atoms with E-state index in [4.69, 9.17) is 4.74 Å². The molecule has 0 aliphatic rings. The van der Waals surface area contributed by atoms with Crippen molar-refractivity contribution >= 4 is 0 Å². The molecule has 0 fully saturated rings. The van der Waals surface area contributed by atoms with Crippen molar-refractivity contribution in [2.75, 3.05) is 6.61 Å². The minimum absolute atomic E-state index is 0.339. The van der Waals surface area contributed by atoms with E-state index in [1.165, 1.54) is 16.7 Å². The van der Waals surface area contributed by atoms with E-state index in [0.29, 0.717) is 6.04 Å². The minimum atomic E-state index is 0.339. The van der Waals surface area contributed by atoms with E-state index >= 15 is 0 Å². The zero-order valence-corrected chi connectivity index (χ0v) is 13.2. The van der Waals surface area contributed by atoms with Crippen LogP contribution in [-0.2, 0) is 6.54 Å². The zero-order valence-electron chi connectivity index (χ0n) is 13.2. The van der Waals surface area contributed by atoms with Crippen LogP contribution in [0.25, 0.3) is 0 Å². The molecule has 2 heteroatoms. The summed E-state index contributed by atoms with van der Waals surface area (Å²) >= 11 is 0. The Hall–Kier alpha value is -1.80. The van der Waals surface area contributed by atoms with E-state index < -0.39 is 0 Å². The number of benzene rings is 2. The smallest absolute Gasteiger partial charge is 0.119 e. The van der Waals surface area contributed by atoms with Crippen LogP contribution in [0.15, 0.2) is 48.5 Å². The quantitative estimate of drug-likeness (QED) is 0.799. The predicted molar refractivity (Wildman–Crippen MR) is 88.7 cm³/mol. The van der Waals surface area contributed by atoms with Crippen LogP contribution in [0, 0.1) is 6.92 Å². The molecule has 2 nitrogen and oxygen atoms in total. The van der Waals surface area contributed by atoms with Crippen molar-refractivity contribution < 1.29 is 4.74 Å². The lowest BCUT2D eigenvalue weighted by atomic mass is 10.1. The summed E-state index contributed by atoms with van der Waals surface area (Å²) in [6, 6.07) is 17.4. The SMILES string of the molecule is CCCOc1cccc(CNC(C)c2ccc(C)cc2)c1. The third kappa shape index (κ3) is 4.91. The molecule has 2 rings (SSSR count). The molecule has 112 valence electrons. The standard InChI is InChI=1S/C19H25NO/c1-4-12-21-19-7-5-6-17(13-19)14-20-16(3)18-10-8-15(2)9-11-18/h5-11,13,16,20H,4,12,14H2,1-3H3. The maximum Gasteiger partial charge on any atom is 0.119 e. The first-order valence-electron chi connectivity index (χ1n) is 7.70. The molecular weight excluding hydrogens is 258 g/mol. The molecule has 0 saturated carbocycles. The first-order chi connectivity index (χ1) is 10.2. The second-order valence-corrected chi connectivity index (χ2v) is 5.51. The Morgan fingerprint density at radius 1 is 1.10 bits per heavy atom. The average molecular weight is 283 g/mol. The number of hydrogen-bond acceptors (Lipinski definition) is 2. The van der Waals surface area contributed by atoms with Crippen molar-refractivity contribution in [1.29, 1.82) is 0 Å². The van der Waals surface area contributed by atoms with Crippen LogP contribution >= 0.6 is 0 Å². The molecule has 0 bridgehead atoms. The summed E-state index contributed by atoms with van der Waals surface area (Å²) < 4.78 is 5.67. The van der Waals surface area contributed by atoms with E-state index in [2.05, 4.69) is 68.6 Å². The Morgan fingerprint density at radius 3 is 2.57 bits per heavy atom. The molecule has 2 aromatic carbocycles. The Kier molecular flexibility index (Phi) is 5.82. The van der Waals surface area contributed by atoms with Gasteiger partial charge in [-0.15, -0.1) is 0 Å². The summed E-state index contributed by atoms with van der Waals surface area (Å²) in [6.45, 7) is 8.05. The van der Waals surface area contributed by atoms with Gasteiger partial charge in [0.1, 0.15) is 5.75 Å². The number of rotatable bonds is 7. The van der Waals surface area contributed by atoms with Gasteiger partial charge in [0, 0.05) is 12.6 Å². The van der Waals surface area contributed by atoms with Crippen LogP contribution in [-0.4, -0.2) is 6.61 Å². The van der Waals surface area contributed by atoms with E-state index in [9.17, 15) is 0 Å². The lowest BCUT2D eigenvalue weighted by molar-refractivity contribution is 0.317. The van der Waals surface area contributed by atoms with Gasteiger partial charge in [0.25, 0.3) is 0 Å². The average Bonchev–Trinajstić information content (AvgIpc) is 2.52. The lowest BCUT2D eigenvalue weighted by Gasteiger charge is -2.15. The summed E-state index contributed by atoms with van der Waals surface area (Å²) in [6.07, 6.45) is 1.03. The van der Waals surface area contributed by atoms with Gasteiger partial charge in [0.05, 0.1) is 6.61 Å². The highest BCUT2D eigenvalue weighted by Gasteiger charge is 2.05. The molecule has 0 spiro atoms. The summed E-state index contributed by atoms with van der Waals surface area (Å²) in [5.41, 5.74) is 3.87.